The zero-order valence-corrected chi connectivity index (χ0v) is 17.9. The minimum absolute atomic E-state index is 0.162. The predicted octanol–water partition coefficient (Wildman–Crippen LogP) is 4.64. The molecular formula is C22H21N5O3S. The van der Waals surface area contributed by atoms with Crippen molar-refractivity contribution in [2.24, 2.45) is 16.1 Å². The molecule has 0 aliphatic heterocycles. The first-order chi connectivity index (χ1) is 14.9. The third-order valence-corrected chi connectivity index (χ3v) is 7.09. The van der Waals surface area contributed by atoms with Crippen molar-refractivity contribution in [3.8, 4) is 5.88 Å². The molecule has 0 bridgehead atoms. The first kappa shape index (κ1) is 19.6. The lowest BCUT2D eigenvalue weighted by molar-refractivity contribution is -0.121. The van der Waals surface area contributed by atoms with Crippen LogP contribution in [0, 0.1) is 5.92 Å². The van der Waals surface area contributed by atoms with Gasteiger partial charge in [-0.3, -0.25) is 14.2 Å². The van der Waals surface area contributed by atoms with Crippen LogP contribution in [0.1, 0.15) is 36.8 Å². The van der Waals surface area contributed by atoms with E-state index in [-0.39, 0.29) is 17.1 Å². The molecule has 4 aromatic rings. The summed E-state index contributed by atoms with van der Waals surface area (Å²) in [6, 6.07) is 6.34. The number of azo groups is 1. The molecule has 3 aromatic heterocycles. The number of amides is 1. The number of aromatic nitrogens is 3. The van der Waals surface area contributed by atoms with E-state index in [9.17, 15) is 14.7 Å². The maximum atomic E-state index is 13.2. The number of para-hydroxylation sites is 1. The maximum absolute atomic E-state index is 13.2. The molecule has 5 rings (SSSR count). The van der Waals surface area contributed by atoms with Crippen LogP contribution >= 0.6 is 11.3 Å². The Labute approximate surface area is 181 Å². The Morgan fingerprint density at radius 2 is 2.19 bits per heavy atom. The van der Waals surface area contributed by atoms with Crippen LogP contribution < -0.4 is 5.56 Å². The summed E-state index contributed by atoms with van der Waals surface area (Å²) in [6.07, 6.45) is 4.28. The van der Waals surface area contributed by atoms with Gasteiger partial charge in [-0.05, 0) is 43.7 Å². The van der Waals surface area contributed by atoms with Crippen molar-refractivity contribution in [3.63, 3.8) is 0 Å². The van der Waals surface area contributed by atoms with E-state index in [1.54, 1.807) is 30.4 Å². The zero-order chi connectivity index (χ0) is 21.7. The van der Waals surface area contributed by atoms with E-state index < -0.39 is 11.9 Å². The van der Waals surface area contributed by atoms with E-state index in [1.807, 2.05) is 12.1 Å². The number of aryl methyl sites for hydroxylation is 1. The highest BCUT2D eigenvalue weighted by Gasteiger charge is 2.25. The van der Waals surface area contributed by atoms with Gasteiger partial charge in [0.1, 0.15) is 10.9 Å². The van der Waals surface area contributed by atoms with Gasteiger partial charge in [0.05, 0.1) is 17.2 Å². The lowest BCUT2D eigenvalue weighted by Crippen LogP contribution is -2.28. The predicted molar refractivity (Wildman–Crippen MR) is 119 cm³/mol. The number of nitrogens with zero attached hydrogens (tertiary/aromatic N) is 4. The summed E-state index contributed by atoms with van der Waals surface area (Å²) in [5, 5.41) is 19.1. The van der Waals surface area contributed by atoms with Crippen LogP contribution in [0.3, 0.4) is 0 Å². The second-order valence-electron chi connectivity index (χ2n) is 8.07. The number of aromatic amines is 1. The van der Waals surface area contributed by atoms with E-state index in [4.69, 9.17) is 0 Å². The van der Waals surface area contributed by atoms with Crippen molar-refractivity contribution in [1.29, 1.82) is 0 Å². The van der Waals surface area contributed by atoms with Crippen LogP contribution in [0.4, 0.5) is 5.69 Å². The van der Waals surface area contributed by atoms with Gasteiger partial charge in [-0.1, -0.05) is 25.1 Å². The molecule has 0 fully saturated rings. The maximum Gasteiger partial charge on any atom is 0.287 e. The molecule has 0 unspecified atom stereocenters. The fraction of sp³-hybridized carbons (Fsp3) is 0.318. The molecule has 31 heavy (non-hydrogen) atoms. The number of hydrogen-bond donors (Lipinski definition) is 2. The van der Waals surface area contributed by atoms with Gasteiger partial charge in [0.2, 0.25) is 5.88 Å². The Kier molecular flexibility index (Phi) is 4.70. The number of thiophene rings is 1. The average molecular weight is 436 g/mol. The summed E-state index contributed by atoms with van der Waals surface area (Å²) in [4.78, 5) is 35.1. The minimum atomic E-state index is -0.862. The van der Waals surface area contributed by atoms with E-state index in [0.717, 1.165) is 29.7 Å². The second-order valence-corrected chi connectivity index (χ2v) is 9.15. The van der Waals surface area contributed by atoms with Crippen LogP contribution in [0.25, 0.3) is 21.1 Å². The third-order valence-electron chi connectivity index (χ3n) is 5.92. The highest BCUT2D eigenvalue weighted by molar-refractivity contribution is 7.18. The van der Waals surface area contributed by atoms with Crippen LogP contribution in [0.5, 0.6) is 5.88 Å². The summed E-state index contributed by atoms with van der Waals surface area (Å²) in [6.45, 7) is 3.82. The third kappa shape index (κ3) is 3.25. The quantitative estimate of drug-likeness (QED) is 0.456. The van der Waals surface area contributed by atoms with E-state index in [2.05, 4.69) is 27.1 Å². The smallest absolute Gasteiger partial charge is 0.287 e. The first-order valence-corrected chi connectivity index (χ1v) is 11.0. The number of benzene rings is 1. The standard InChI is InChI=1S/C22H21N5O3S/c1-11-7-8-14-16(9-11)31-21-17(14)22(30)27(10-23-21)12(2)19(28)26-25-18-13-5-3-4-6-15(13)24-20(18)29/h3-6,10-12,24,29H,7-9H2,1-2H3/t11-,12-/m0/s1. The largest absolute Gasteiger partial charge is 0.493 e. The monoisotopic (exact) mass is 435 g/mol. The topological polar surface area (TPSA) is 113 Å². The van der Waals surface area contributed by atoms with Crippen LogP contribution in [0.2, 0.25) is 0 Å². The van der Waals surface area contributed by atoms with E-state index in [1.165, 1.54) is 15.8 Å². The molecule has 0 radical (unpaired) electrons. The van der Waals surface area contributed by atoms with Gasteiger partial charge in [0.25, 0.3) is 11.5 Å². The molecule has 2 atom stereocenters. The highest BCUT2D eigenvalue weighted by Crippen LogP contribution is 2.36. The molecule has 0 saturated heterocycles. The molecular weight excluding hydrogens is 414 g/mol. The molecule has 0 spiro atoms. The van der Waals surface area contributed by atoms with E-state index >= 15 is 0 Å². The number of nitrogens with one attached hydrogen (secondary N) is 1. The second kappa shape index (κ2) is 7.42. The van der Waals surface area contributed by atoms with Gasteiger partial charge in [0, 0.05) is 10.3 Å². The van der Waals surface area contributed by atoms with Crippen molar-refractivity contribution in [1.82, 2.24) is 14.5 Å². The first-order valence-electron chi connectivity index (χ1n) is 10.2. The molecule has 1 aliphatic carbocycles. The van der Waals surface area contributed by atoms with Gasteiger partial charge >= 0.3 is 0 Å². The van der Waals surface area contributed by atoms with Gasteiger partial charge < -0.3 is 10.1 Å². The van der Waals surface area contributed by atoms with Crippen molar-refractivity contribution < 1.29 is 9.90 Å². The molecule has 0 saturated carbocycles. The number of carbonyl (C=O) groups is 1. The van der Waals surface area contributed by atoms with Crippen molar-refractivity contribution in [2.45, 2.75) is 39.2 Å². The number of rotatable bonds is 3. The SMILES string of the molecule is C[C@H]1CCc2c(sc3ncn([C@@H](C)C(=O)N=Nc4c(O)[nH]c5ccccc45)c(=O)c23)C1. The Bertz CT molecular complexity index is 1410. The Morgan fingerprint density at radius 3 is 3.03 bits per heavy atom. The number of aromatic hydroxyl groups is 1. The van der Waals surface area contributed by atoms with Crippen molar-refractivity contribution in [2.75, 3.05) is 0 Å². The summed E-state index contributed by atoms with van der Waals surface area (Å²) >= 11 is 1.58. The number of carbonyl (C=O) groups excluding carboxylic acids is 1. The molecule has 2 N–H and O–H groups in total. The molecule has 158 valence electrons. The molecule has 1 amide bonds. The molecule has 1 aromatic carbocycles. The Balaban J connectivity index is 1.48. The summed E-state index contributed by atoms with van der Waals surface area (Å²) in [5.74, 6) is -0.153. The molecule has 3 heterocycles. The van der Waals surface area contributed by atoms with Crippen LogP contribution in [-0.2, 0) is 17.6 Å². The Morgan fingerprint density at radius 1 is 1.39 bits per heavy atom. The molecule has 9 heteroatoms. The number of hydrogen-bond acceptors (Lipinski definition) is 6. The normalized spacial score (nSPS) is 17.4. The van der Waals surface area contributed by atoms with Gasteiger partial charge in [-0.25, -0.2) is 4.98 Å². The lowest BCUT2D eigenvalue weighted by Gasteiger charge is -2.17. The average Bonchev–Trinajstić information content (AvgIpc) is 3.28. The van der Waals surface area contributed by atoms with E-state index in [0.29, 0.717) is 22.2 Å². The summed E-state index contributed by atoms with van der Waals surface area (Å²) in [5.41, 5.74) is 1.74. The zero-order valence-electron chi connectivity index (χ0n) is 17.1. The number of H-pyrrole nitrogens is 1. The summed E-state index contributed by atoms with van der Waals surface area (Å²) < 4.78 is 1.32. The fourth-order valence-electron chi connectivity index (χ4n) is 4.14. The number of fused-ring (bicyclic) bond motifs is 4. The Hall–Kier alpha value is -3.33. The summed E-state index contributed by atoms with van der Waals surface area (Å²) in [7, 11) is 0. The van der Waals surface area contributed by atoms with Gasteiger partial charge in [-0.15, -0.1) is 21.6 Å². The van der Waals surface area contributed by atoms with Gasteiger partial charge in [0.15, 0.2) is 5.69 Å². The minimum Gasteiger partial charge on any atom is -0.493 e. The highest BCUT2D eigenvalue weighted by atomic mass is 32.1. The van der Waals surface area contributed by atoms with Gasteiger partial charge in [-0.2, -0.15) is 0 Å². The fourth-order valence-corrected chi connectivity index (χ4v) is 5.48. The van der Waals surface area contributed by atoms with Crippen molar-refractivity contribution in [3.05, 3.63) is 51.4 Å². The van der Waals surface area contributed by atoms with Crippen molar-refractivity contribution >= 4 is 44.1 Å². The molecule has 8 nitrogen and oxygen atoms in total. The van der Waals surface area contributed by atoms with Crippen LogP contribution in [-0.4, -0.2) is 25.5 Å². The molecule has 1 aliphatic rings. The lowest BCUT2D eigenvalue weighted by atomic mass is 9.89. The van der Waals surface area contributed by atoms with Crippen LogP contribution in [0.15, 0.2) is 45.6 Å².